The van der Waals surface area contributed by atoms with Gasteiger partial charge in [0, 0.05) is 23.3 Å². The number of alkyl carbamates (subject to hydrolysis) is 1. The standard InChI is InChI=1S/C27H36BrN2O7P/c1-19(25(32)37-27(2,3)4)30-24(31)22(16-20-10-12-23(28)13-11-20)18-38(34,35)15-14-29-26(33)36-17-21-8-6-5-7-9-21/h5-13,19,22H,14-18H2,1-4H3,(H,29,33)(H,30,31)(H,34,35). The average molecular weight is 611 g/mol. The molecule has 0 fully saturated rings. The lowest BCUT2D eigenvalue weighted by Crippen LogP contribution is -2.45. The van der Waals surface area contributed by atoms with Crippen LogP contribution in [0.3, 0.4) is 0 Å². The molecule has 3 unspecified atom stereocenters. The molecule has 3 N–H and O–H groups in total. The van der Waals surface area contributed by atoms with Crippen molar-refractivity contribution in [1.82, 2.24) is 10.6 Å². The van der Waals surface area contributed by atoms with Gasteiger partial charge in [-0.25, -0.2) is 9.59 Å². The summed E-state index contributed by atoms with van der Waals surface area (Å²) in [5.41, 5.74) is 0.891. The largest absolute Gasteiger partial charge is 0.458 e. The summed E-state index contributed by atoms with van der Waals surface area (Å²) in [5.74, 6) is -2.02. The Morgan fingerprint density at radius 1 is 1.03 bits per heavy atom. The first-order valence-corrected chi connectivity index (χ1v) is 15.1. The summed E-state index contributed by atoms with van der Waals surface area (Å²) in [4.78, 5) is 48.1. The van der Waals surface area contributed by atoms with Gasteiger partial charge in [-0.05, 0) is 57.4 Å². The van der Waals surface area contributed by atoms with Gasteiger partial charge in [0.15, 0.2) is 0 Å². The Balaban J connectivity index is 1.98. The summed E-state index contributed by atoms with van der Waals surface area (Å²) in [5, 5.41) is 5.09. The molecule has 0 spiro atoms. The Bertz CT molecular complexity index is 1120. The van der Waals surface area contributed by atoms with Crippen LogP contribution in [-0.4, -0.2) is 53.4 Å². The van der Waals surface area contributed by atoms with Gasteiger partial charge in [-0.2, -0.15) is 0 Å². The minimum absolute atomic E-state index is 0.0781. The molecule has 0 bridgehead atoms. The molecule has 0 radical (unpaired) electrons. The summed E-state index contributed by atoms with van der Waals surface area (Å²) in [6, 6.07) is 15.5. The highest BCUT2D eigenvalue weighted by Crippen LogP contribution is 2.42. The van der Waals surface area contributed by atoms with Gasteiger partial charge in [0.2, 0.25) is 13.3 Å². The number of benzene rings is 2. The lowest BCUT2D eigenvalue weighted by Gasteiger charge is -2.25. The zero-order valence-corrected chi connectivity index (χ0v) is 24.6. The summed E-state index contributed by atoms with van der Waals surface area (Å²) in [7, 11) is -3.84. The molecule has 0 aliphatic heterocycles. The minimum Gasteiger partial charge on any atom is -0.458 e. The first kappa shape index (κ1) is 31.5. The monoisotopic (exact) mass is 610 g/mol. The summed E-state index contributed by atoms with van der Waals surface area (Å²) >= 11 is 3.37. The Morgan fingerprint density at radius 3 is 2.26 bits per heavy atom. The van der Waals surface area contributed by atoms with E-state index in [4.69, 9.17) is 9.47 Å². The predicted octanol–water partition coefficient (Wildman–Crippen LogP) is 4.65. The molecule has 0 aliphatic carbocycles. The van der Waals surface area contributed by atoms with Gasteiger partial charge < -0.3 is 25.0 Å². The molecule has 9 nitrogen and oxygen atoms in total. The van der Waals surface area contributed by atoms with Gasteiger partial charge in [0.25, 0.3) is 0 Å². The fourth-order valence-electron chi connectivity index (χ4n) is 3.47. The number of halogens is 1. The van der Waals surface area contributed by atoms with E-state index < -0.39 is 42.9 Å². The highest BCUT2D eigenvalue weighted by atomic mass is 79.9. The summed E-state index contributed by atoms with van der Waals surface area (Å²) in [6.07, 6.45) is -1.07. The highest BCUT2D eigenvalue weighted by molar-refractivity contribution is 9.10. The van der Waals surface area contributed by atoms with Crippen LogP contribution in [0.15, 0.2) is 59.1 Å². The highest BCUT2D eigenvalue weighted by Gasteiger charge is 2.32. The molecule has 0 saturated heterocycles. The van der Waals surface area contributed by atoms with Crippen molar-refractivity contribution in [3.05, 3.63) is 70.2 Å². The molecule has 2 amide bonds. The molecule has 11 heteroatoms. The predicted molar refractivity (Wildman–Crippen MR) is 149 cm³/mol. The van der Waals surface area contributed by atoms with Crippen molar-refractivity contribution >= 4 is 41.3 Å². The third kappa shape index (κ3) is 12.2. The van der Waals surface area contributed by atoms with E-state index in [0.717, 1.165) is 15.6 Å². The van der Waals surface area contributed by atoms with Crippen LogP contribution in [0.2, 0.25) is 0 Å². The van der Waals surface area contributed by atoms with Crippen LogP contribution in [0.1, 0.15) is 38.8 Å². The van der Waals surface area contributed by atoms with E-state index in [2.05, 4.69) is 26.6 Å². The molecule has 0 aromatic heterocycles. The fraction of sp³-hybridized carbons (Fsp3) is 0.444. The van der Waals surface area contributed by atoms with Gasteiger partial charge in [-0.15, -0.1) is 0 Å². The van der Waals surface area contributed by atoms with Crippen LogP contribution in [0.4, 0.5) is 4.79 Å². The van der Waals surface area contributed by atoms with Crippen molar-refractivity contribution < 1.29 is 33.3 Å². The Labute approximate surface area is 232 Å². The van der Waals surface area contributed by atoms with Crippen LogP contribution < -0.4 is 10.6 Å². The molecule has 3 atom stereocenters. The number of amides is 2. The molecular weight excluding hydrogens is 575 g/mol. The summed E-state index contributed by atoms with van der Waals surface area (Å²) in [6.45, 7) is 6.67. The second kappa shape index (κ2) is 14.5. The number of nitrogens with one attached hydrogen (secondary N) is 2. The summed E-state index contributed by atoms with van der Waals surface area (Å²) < 4.78 is 24.3. The van der Waals surface area contributed by atoms with E-state index >= 15 is 0 Å². The van der Waals surface area contributed by atoms with Crippen molar-refractivity contribution in [3.63, 3.8) is 0 Å². The molecule has 2 aromatic rings. The van der Waals surface area contributed by atoms with E-state index in [0.29, 0.717) is 0 Å². The number of hydrogen-bond donors (Lipinski definition) is 3. The number of carbonyl (C=O) groups is 3. The van der Waals surface area contributed by atoms with E-state index in [1.165, 1.54) is 6.92 Å². The van der Waals surface area contributed by atoms with E-state index in [9.17, 15) is 23.8 Å². The van der Waals surface area contributed by atoms with Gasteiger partial charge in [0.05, 0.1) is 5.92 Å². The van der Waals surface area contributed by atoms with Crippen LogP contribution in [-0.2, 0) is 36.7 Å². The number of esters is 1. The number of ether oxygens (including phenoxy) is 2. The molecule has 0 saturated carbocycles. The molecule has 0 aliphatic rings. The topological polar surface area (TPSA) is 131 Å². The lowest BCUT2D eigenvalue weighted by molar-refractivity contribution is -0.158. The maximum Gasteiger partial charge on any atom is 0.407 e. The molecule has 2 rings (SSSR count). The van der Waals surface area contributed by atoms with E-state index in [-0.39, 0.29) is 31.9 Å². The zero-order valence-electron chi connectivity index (χ0n) is 22.1. The third-order valence-corrected chi connectivity index (χ3v) is 7.80. The van der Waals surface area contributed by atoms with Crippen LogP contribution in [0.5, 0.6) is 0 Å². The Morgan fingerprint density at radius 2 is 1.66 bits per heavy atom. The van der Waals surface area contributed by atoms with Crippen LogP contribution in [0, 0.1) is 5.92 Å². The first-order valence-electron chi connectivity index (χ1n) is 12.3. The maximum absolute atomic E-state index is 13.1. The average Bonchev–Trinajstić information content (AvgIpc) is 2.83. The smallest absolute Gasteiger partial charge is 0.407 e. The third-order valence-electron chi connectivity index (χ3n) is 5.33. The van der Waals surface area contributed by atoms with Crippen LogP contribution >= 0.6 is 23.3 Å². The first-order chi connectivity index (χ1) is 17.7. The zero-order chi connectivity index (χ0) is 28.3. The Kier molecular flexibility index (Phi) is 12.0. The van der Waals surface area contributed by atoms with Crippen molar-refractivity contribution in [3.8, 4) is 0 Å². The normalized spacial score (nSPS) is 14.5. The number of hydrogen-bond acceptors (Lipinski definition) is 6. The fourth-order valence-corrected chi connectivity index (χ4v) is 5.36. The van der Waals surface area contributed by atoms with Gasteiger partial charge in [0.1, 0.15) is 18.2 Å². The maximum atomic E-state index is 13.1. The SMILES string of the molecule is CC(NC(=O)C(Cc1ccc(Br)cc1)CP(=O)(O)CCNC(=O)OCc1ccccc1)C(=O)OC(C)(C)C. The van der Waals surface area contributed by atoms with E-state index in [1.54, 1.807) is 20.8 Å². The van der Waals surface area contributed by atoms with Gasteiger partial charge in [-0.1, -0.05) is 58.4 Å². The minimum atomic E-state index is -3.84. The second-order valence-corrected chi connectivity index (χ2v) is 13.5. The lowest BCUT2D eigenvalue weighted by atomic mass is 10.00. The molecule has 0 heterocycles. The van der Waals surface area contributed by atoms with Crippen LogP contribution in [0.25, 0.3) is 0 Å². The van der Waals surface area contributed by atoms with Crippen molar-refractivity contribution in [2.45, 2.75) is 52.4 Å². The van der Waals surface area contributed by atoms with Gasteiger partial charge in [-0.3, -0.25) is 9.36 Å². The number of carbonyl (C=O) groups excluding carboxylic acids is 3. The number of rotatable bonds is 12. The molecule has 208 valence electrons. The van der Waals surface area contributed by atoms with Gasteiger partial charge >= 0.3 is 12.1 Å². The molecular formula is C27H36BrN2O7P. The molecule has 38 heavy (non-hydrogen) atoms. The quantitative estimate of drug-likeness (QED) is 0.235. The van der Waals surface area contributed by atoms with Crippen molar-refractivity contribution in [2.75, 3.05) is 18.9 Å². The van der Waals surface area contributed by atoms with Crippen molar-refractivity contribution in [1.29, 1.82) is 0 Å². The Hall–Kier alpha value is -2.68. The second-order valence-electron chi connectivity index (χ2n) is 10.0. The molecule has 2 aromatic carbocycles. The van der Waals surface area contributed by atoms with E-state index in [1.807, 2.05) is 54.6 Å². The van der Waals surface area contributed by atoms with Crippen molar-refractivity contribution in [2.24, 2.45) is 5.92 Å².